The van der Waals surface area contributed by atoms with E-state index in [-0.39, 0.29) is 23.6 Å². The van der Waals surface area contributed by atoms with Gasteiger partial charge in [-0.1, -0.05) is 0 Å². The normalized spacial score (nSPS) is 30.0. The van der Waals surface area contributed by atoms with Gasteiger partial charge in [-0.05, 0) is 52.5 Å². The predicted octanol–water partition coefficient (Wildman–Crippen LogP) is 3.96. The summed E-state index contributed by atoms with van der Waals surface area (Å²) in [6.07, 6.45) is -0.208. The summed E-state index contributed by atoms with van der Waals surface area (Å²) in [5, 5.41) is 2.96. The lowest BCUT2D eigenvalue weighted by molar-refractivity contribution is -0.207. The van der Waals surface area contributed by atoms with Gasteiger partial charge in [0.05, 0.1) is 36.5 Å². The Morgan fingerprint density at radius 3 is 2.57 bits per heavy atom. The van der Waals surface area contributed by atoms with Gasteiger partial charge in [0.25, 0.3) is 0 Å². The third kappa shape index (κ3) is 4.22. The van der Waals surface area contributed by atoms with E-state index in [1.54, 1.807) is 32.9 Å². The van der Waals surface area contributed by atoms with Gasteiger partial charge in [0.1, 0.15) is 16.7 Å². The number of rotatable bonds is 4. The fourth-order valence-corrected chi connectivity index (χ4v) is 5.15. The van der Waals surface area contributed by atoms with Crippen molar-refractivity contribution in [2.24, 2.45) is 0 Å². The summed E-state index contributed by atoms with van der Waals surface area (Å²) in [5.41, 5.74) is -1.37. The molecule has 0 spiro atoms. The van der Waals surface area contributed by atoms with E-state index in [1.807, 2.05) is 0 Å². The molecule has 3 saturated heterocycles. The van der Waals surface area contributed by atoms with E-state index in [1.165, 1.54) is 7.11 Å². The summed E-state index contributed by atoms with van der Waals surface area (Å²) in [6, 6.07) is 3.27. The van der Waals surface area contributed by atoms with Crippen molar-refractivity contribution < 1.29 is 37.7 Å². The number of ether oxygens (including phenoxy) is 5. The van der Waals surface area contributed by atoms with Crippen LogP contribution in [0.15, 0.2) is 18.3 Å². The average Bonchev–Trinajstić information content (AvgIpc) is 3.20. The number of nitrogens with one attached hydrogen (secondary N) is 1. The topological polar surface area (TPSA) is 118 Å². The molecule has 0 aromatic carbocycles. The van der Waals surface area contributed by atoms with Gasteiger partial charge in [0.15, 0.2) is 18.0 Å². The molecule has 1 amide bonds. The number of hydrogen-bond acceptors (Lipinski definition) is 9. The Morgan fingerprint density at radius 1 is 1.20 bits per heavy atom. The molecule has 1 aliphatic carbocycles. The number of aromatic nitrogens is 2. The highest BCUT2D eigenvalue weighted by molar-refractivity contribution is 5.80. The number of alkyl carbamates (subject to hydrolysis) is 1. The van der Waals surface area contributed by atoms with Crippen LogP contribution in [0.2, 0.25) is 0 Å². The molecule has 2 atom stereocenters. The summed E-state index contributed by atoms with van der Waals surface area (Å²) in [5.74, 6) is -0.397. The number of carbonyl (C=O) groups is 2. The Labute approximate surface area is 201 Å². The summed E-state index contributed by atoms with van der Waals surface area (Å²) in [6.45, 7) is 5.61. The number of cyclic esters (lactones) is 2. The molecule has 1 N–H and O–H groups in total. The Bertz CT molecular complexity index is 1160. The Hall–Kier alpha value is -3.21. The first kappa shape index (κ1) is 23.5. The molecule has 1 saturated carbocycles. The van der Waals surface area contributed by atoms with Crippen molar-refractivity contribution in [2.75, 3.05) is 13.7 Å². The van der Waals surface area contributed by atoms with Crippen LogP contribution in [0.25, 0.3) is 11.0 Å². The number of pyridine rings is 2. The van der Waals surface area contributed by atoms with E-state index < -0.39 is 47.0 Å². The largest absolute Gasteiger partial charge is 0.509 e. The van der Waals surface area contributed by atoms with Crippen molar-refractivity contribution >= 4 is 23.3 Å². The number of methoxy groups -OCH3 is 1. The average molecular weight is 490 g/mol. The first-order valence-corrected chi connectivity index (χ1v) is 11.5. The number of hydrogen-bond donors (Lipinski definition) is 1. The first-order chi connectivity index (χ1) is 16.5. The molecule has 4 aliphatic rings. The summed E-state index contributed by atoms with van der Waals surface area (Å²) < 4.78 is 43.1. The molecule has 11 heteroatoms. The zero-order valence-electron chi connectivity index (χ0n) is 20.1. The van der Waals surface area contributed by atoms with Crippen LogP contribution < -0.4 is 10.1 Å². The first-order valence-electron chi connectivity index (χ1n) is 11.5. The lowest BCUT2D eigenvalue weighted by Crippen LogP contribution is -2.66. The third-order valence-corrected chi connectivity index (χ3v) is 6.87. The quantitative estimate of drug-likeness (QED) is 0.637. The number of nitrogens with zero attached hydrogens (tertiary/aromatic N) is 2. The molecule has 188 valence electrons. The molecule has 6 rings (SSSR count). The van der Waals surface area contributed by atoms with Crippen molar-refractivity contribution in [3.8, 4) is 5.88 Å². The second kappa shape index (κ2) is 8.18. The molecular formula is C24H28FN3O7. The highest BCUT2D eigenvalue weighted by Gasteiger charge is 2.61. The standard InChI is InChI=1S/C24H28FN3O7/c1-22(2,3)35-20(29)28-23-7-9-24(10-8-23,32-12-23)19-18(33-21(30)34-19)16-13(25)11-26-14-5-6-15(31-4)27-17(14)16/h5-6,11,18-19H,7-10,12H2,1-4H3,(H,28,29). The van der Waals surface area contributed by atoms with Crippen LogP contribution in [0.3, 0.4) is 0 Å². The fraction of sp³-hybridized carbons (Fsp3) is 0.583. The molecule has 2 unspecified atom stereocenters. The molecule has 10 nitrogen and oxygen atoms in total. The van der Waals surface area contributed by atoms with Crippen LogP contribution in [-0.2, 0) is 18.9 Å². The van der Waals surface area contributed by atoms with Gasteiger partial charge in [-0.15, -0.1) is 0 Å². The van der Waals surface area contributed by atoms with Crippen LogP contribution in [0.4, 0.5) is 14.0 Å². The van der Waals surface area contributed by atoms with E-state index in [4.69, 9.17) is 23.7 Å². The van der Waals surface area contributed by atoms with Gasteiger partial charge in [0.2, 0.25) is 5.88 Å². The Morgan fingerprint density at radius 2 is 1.94 bits per heavy atom. The third-order valence-electron chi connectivity index (χ3n) is 6.87. The van der Waals surface area contributed by atoms with Crippen LogP contribution in [0.1, 0.15) is 58.1 Å². The van der Waals surface area contributed by atoms with Crippen molar-refractivity contribution in [2.45, 2.75) is 75.4 Å². The minimum atomic E-state index is -1.09. The molecule has 35 heavy (non-hydrogen) atoms. The van der Waals surface area contributed by atoms with Crippen molar-refractivity contribution in [3.63, 3.8) is 0 Å². The summed E-state index contributed by atoms with van der Waals surface area (Å²) in [4.78, 5) is 33.2. The van der Waals surface area contributed by atoms with Gasteiger partial charge in [-0.3, -0.25) is 4.98 Å². The van der Waals surface area contributed by atoms with E-state index in [0.29, 0.717) is 31.2 Å². The van der Waals surface area contributed by atoms with Crippen LogP contribution in [-0.4, -0.2) is 58.8 Å². The van der Waals surface area contributed by atoms with E-state index in [2.05, 4.69) is 15.3 Å². The molecule has 2 bridgehead atoms. The van der Waals surface area contributed by atoms with Crippen LogP contribution >= 0.6 is 0 Å². The van der Waals surface area contributed by atoms with Gasteiger partial charge >= 0.3 is 12.2 Å². The minimum absolute atomic E-state index is 0.0667. The highest BCUT2D eigenvalue weighted by atomic mass is 19.1. The maximum absolute atomic E-state index is 15.2. The molecule has 0 radical (unpaired) electrons. The summed E-state index contributed by atoms with van der Waals surface area (Å²) >= 11 is 0. The molecule has 3 aliphatic heterocycles. The SMILES string of the molecule is COc1ccc2ncc(F)c(C3OC(=O)OC3C34CCC(NC(=O)OC(C)(C)C)(CC3)CO4)c2n1. The minimum Gasteiger partial charge on any atom is -0.481 e. The number of amides is 1. The number of fused-ring (bicyclic) bond motifs is 4. The fourth-order valence-electron chi connectivity index (χ4n) is 5.15. The van der Waals surface area contributed by atoms with E-state index in [0.717, 1.165) is 6.20 Å². The second-order valence-electron chi connectivity index (χ2n) is 10.3. The monoisotopic (exact) mass is 489 g/mol. The second-order valence-corrected chi connectivity index (χ2v) is 10.3. The van der Waals surface area contributed by atoms with Gasteiger partial charge in [-0.2, -0.15) is 0 Å². The molecule has 5 heterocycles. The Balaban J connectivity index is 1.43. The molecule has 4 fully saturated rings. The van der Waals surface area contributed by atoms with Crippen molar-refractivity contribution in [1.82, 2.24) is 15.3 Å². The van der Waals surface area contributed by atoms with E-state index >= 15 is 4.39 Å². The number of halogens is 1. The molecule has 2 aromatic heterocycles. The lowest BCUT2D eigenvalue weighted by atomic mass is 9.67. The molecule has 2 aromatic rings. The summed E-state index contributed by atoms with van der Waals surface area (Å²) in [7, 11) is 1.45. The van der Waals surface area contributed by atoms with Gasteiger partial charge < -0.3 is 29.0 Å². The predicted molar refractivity (Wildman–Crippen MR) is 119 cm³/mol. The Kier molecular flexibility index (Phi) is 5.50. The lowest BCUT2D eigenvalue weighted by Gasteiger charge is -2.54. The highest BCUT2D eigenvalue weighted by Crippen LogP contribution is 2.52. The van der Waals surface area contributed by atoms with Crippen molar-refractivity contribution in [1.29, 1.82) is 0 Å². The maximum atomic E-state index is 15.2. The van der Waals surface area contributed by atoms with Crippen LogP contribution in [0.5, 0.6) is 5.88 Å². The van der Waals surface area contributed by atoms with Gasteiger partial charge in [-0.25, -0.2) is 19.0 Å². The van der Waals surface area contributed by atoms with E-state index in [9.17, 15) is 9.59 Å². The van der Waals surface area contributed by atoms with Crippen molar-refractivity contribution in [3.05, 3.63) is 29.7 Å². The zero-order valence-corrected chi connectivity index (χ0v) is 20.1. The maximum Gasteiger partial charge on any atom is 0.509 e. The smallest absolute Gasteiger partial charge is 0.481 e. The zero-order chi connectivity index (χ0) is 25.0. The molecular weight excluding hydrogens is 461 g/mol. The number of carbonyl (C=O) groups excluding carboxylic acids is 2. The van der Waals surface area contributed by atoms with Gasteiger partial charge in [0, 0.05) is 6.07 Å². The van der Waals surface area contributed by atoms with Crippen LogP contribution in [0, 0.1) is 5.82 Å².